The van der Waals surface area contributed by atoms with Crippen LogP contribution in [0.1, 0.15) is 36.1 Å². The molecule has 2 N–H and O–H groups in total. The third-order valence-corrected chi connectivity index (χ3v) is 6.43. The molecule has 0 radical (unpaired) electrons. The monoisotopic (exact) mass is 439 g/mol. The predicted octanol–water partition coefficient (Wildman–Crippen LogP) is 4.91. The summed E-state index contributed by atoms with van der Waals surface area (Å²) in [7, 11) is -3.75. The van der Waals surface area contributed by atoms with E-state index >= 15 is 0 Å². The van der Waals surface area contributed by atoms with Crippen molar-refractivity contribution in [1.29, 1.82) is 0 Å². The van der Waals surface area contributed by atoms with Crippen LogP contribution in [0.5, 0.6) is 0 Å². The first-order chi connectivity index (χ1) is 14.3. The van der Waals surface area contributed by atoms with Crippen LogP contribution in [0.2, 0.25) is 5.02 Å². The number of hydrogen-bond acceptors (Lipinski definition) is 4. The van der Waals surface area contributed by atoms with Gasteiger partial charge in [0.2, 0.25) is 10.0 Å². The van der Waals surface area contributed by atoms with Crippen LogP contribution in [0.3, 0.4) is 0 Å². The number of nitrogens with zero attached hydrogens (tertiary/aromatic N) is 2. The van der Waals surface area contributed by atoms with Gasteiger partial charge < -0.3 is 0 Å². The van der Waals surface area contributed by atoms with Crippen molar-refractivity contribution in [3.63, 3.8) is 0 Å². The van der Waals surface area contributed by atoms with Gasteiger partial charge in [0.15, 0.2) is 0 Å². The van der Waals surface area contributed by atoms with E-state index in [-0.39, 0.29) is 10.9 Å². The molecule has 7 heteroatoms. The van der Waals surface area contributed by atoms with Crippen molar-refractivity contribution in [3.8, 4) is 0 Å². The zero-order valence-corrected chi connectivity index (χ0v) is 18.1. The number of nitrogens with two attached hydrogens (primary N) is 1. The molecule has 3 aromatic rings. The molecule has 1 heterocycles. The molecule has 0 saturated heterocycles. The smallest absolute Gasteiger partial charge is 0.238 e. The van der Waals surface area contributed by atoms with Crippen LogP contribution < -0.4 is 10.1 Å². The molecule has 1 aliphatic heterocycles. The summed E-state index contributed by atoms with van der Waals surface area (Å²) in [4.78, 5) is 0.0732. The molecular weight excluding hydrogens is 418 g/mol. The number of sulfonamides is 1. The van der Waals surface area contributed by atoms with Crippen LogP contribution >= 0.6 is 11.6 Å². The number of hydrazone groups is 1. The van der Waals surface area contributed by atoms with E-state index in [4.69, 9.17) is 21.8 Å². The summed E-state index contributed by atoms with van der Waals surface area (Å²) in [6, 6.07) is 22.6. The van der Waals surface area contributed by atoms with Crippen LogP contribution in [-0.2, 0) is 16.4 Å². The molecule has 30 heavy (non-hydrogen) atoms. The van der Waals surface area contributed by atoms with Gasteiger partial charge in [0, 0.05) is 11.4 Å². The maximum absolute atomic E-state index is 11.6. The third kappa shape index (κ3) is 4.26. The Bertz CT molecular complexity index is 1190. The summed E-state index contributed by atoms with van der Waals surface area (Å²) in [5.74, 6) is 0. The second-order valence-corrected chi connectivity index (χ2v) is 9.25. The maximum Gasteiger partial charge on any atom is 0.238 e. The second-order valence-electron chi connectivity index (χ2n) is 7.26. The summed E-state index contributed by atoms with van der Waals surface area (Å²) in [6.07, 6.45) is 1.70. The molecule has 0 aromatic heterocycles. The average molecular weight is 440 g/mol. The minimum Gasteiger partial charge on any atom is -0.257 e. The fourth-order valence-corrected chi connectivity index (χ4v) is 4.33. The Hall–Kier alpha value is -2.67. The van der Waals surface area contributed by atoms with Gasteiger partial charge in [0.05, 0.1) is 22.3 Å². The molecule has 0 fully saturated rings. The van der Waals surface area contributed by atoms with Gasteiger partial charge in [-0.2, -0.15) is 5.10 Å². The zero-order chi connectivity index (χ0) is 21.3. The standard InChI is InChI=1S/C23H22ClN3O2S/c1-2-16-6-8-17(9-7-16)22-15-23(18-4-3-5-19(24)14-18)27(26-22)20-10-12-21(13-11-20)30(25,28)29/h3-14,23H,2,15H2,1H3,(H2,25,28,29). The molecule has 1 unspecified atom stereocenters. The number of rotatable bonds is 5. The van der Waals surface area contributed by atoms with E-state index in [1.54, 1.807) is 12.1 Å². The van der Waals surface area contributed by atoms with Crippen LogP contribution in [0, 0.1) is 0 Å². The highest BCUT2D eigenvalue weighted by Crippen LogP contribution is 2.37. The summed E-state index contributed by atoms with van der Waals surface area (Å²) >= 11 is 6.24. The molecule has 1 atom stereocenters. The summed E-state index contributed by atoms with van der Waals surface area (Å²) in [6.45, 7) is 2.13. The predicted molar refractivity (Wildman–Crippen MR) is 121 cm³/mol. The van der Waals surface area contributed by atoms with Gasteiger partial charge in [0.1, 0.15) is 0 Å². The third-order valence-electron chi connectivity index (χ3n) is 5.27. The summed E-state index contributed by atoms with van der Waals surface area (Å²) in [5.41, 5.74) is 5.15. The second kappa shape index (κ2) is 8.22. The van der Waals surface area contributed by atoms with Crippen LogP contribution in [0.4, 0.5) is 5.69 Å². The Balaban J connectivity index is 1.74. The zero-order valence-electron chi connectivity index (χ0n) is 16.5. The molecule has 0 bridgehead atoms. The minimum atomic E-state index is -3.75. The Labute approximate surface area is 181 Å². The quantitative estimate of drug-likeness (QED) is 0.613. The molecule has 3 aromatic carbocycles. The van der Waals surface area contributed by atoms with E-state index in [2.05, 4.69) is 31.2 Å². The highest BCUT2D eigenvalue weighted by Gasteiger charge is 2.30. The van der Waals surface area contributed by atoms with E-state index in [0.717, 1.165) is 28.9 Å². The maximum atomic E-state index is 11.6. The number of hydrogen-bond donors (Lipinski definition) is 1. The van der Waals surface area contributed by atoms with E-state index in [1.165, 1.54) is 17.7 Å². The molecule has 0 aliphatic carbocycles. The van der Waals surface area contributed by atoms with Gasteiger partial charge >= 0.3 is 0 Å². The molecule has 0 saturated carbocycles. The van der Waals surface area contributed by atoms with Crippen molar-refractivity contribution >= 4 is 33.0 Å². The van der Waals surface area contributed by atoms with Crippen molar-refractivity contribution in [3.05, 3.63) is 94.5 Å². The fraction of sp³-hybridized carbons (Fsp3) is 0.174. The van der Waals surface area contributed by atoms with Crippen LogP contribution in [-0.4, -0.2) is 14.1 Å². The number of halogens is 1. The number of aryl methyl sites for hydroxylation is 1. The highest BCUT2D eigenvalue weighted by atomic mass is 35.5. The average Bonchev–Trinajstić information content (AvgIpc) is 3.19. The van der Waals surface area contributed by atoms with Gasteiger partial charge in [0.25, 0.3) is 0 Å². The van der Waals surface area contributed by atoms with Crippen molar-refractivity contribution in [1.82, 2.24) is 0 Å². The number of anilines is 1. The highest BCUT2D eigenvalue weighted by molar-refractivity contribution is 7.89. The van der Waals surface area contributed by atoms with Crippen LogP contribution in [0.25, 0.3) is 0 Å². The van der Waals surface area contributed by atoms with Crippen molar-refractivity contribution in [2.45, 2.75) is 30.7 Å². The van der Waals surface area contributed by atoms with Crippen molar-refractivity contribution in [2.24, 2.45) is 10.2 Å². The van der Waals surface area contributed by atoms with Gasteiger partial charge in [-0.15, -0.1) is 0 Å². The Kier molecular flexibility index (Phi) is 5.64. The lowest BCUT2D eigenvalue weighted by molar-refractivity contribution is 0.597. The normalized spacial score (nSPS) is 16.6. The fourth-order valence-electron chi connectivity index (χ4n) is 3.62. The first kappa shape index (κ1) is 20.6. The van der Waals surface area contributed by atoms with Crippen molar-refractivity contribution < 1.29 is 8.42 Å². The van der Waals surface area contributed by atoms with Crippen LogP contribution in [0.15, 0.2) is 82.8 Å². The van der Waals surface area contributed by atoms with Crippen molar-refractivity contribution in [2.75, 3.05) is 5.01 Å². The number of primary sulfonamides is 1. The van der Waals surface area contributed by atoms with Gasteiger partial charge in [-0.1, -0.05) is 54.9 Å². The number of benzene rings is 3. The summed E-state index contributed by atoms with van der Waals surface area (Å²) < 4.78 is 23.2. The lowest BCUT2D eigenvalue weighted by Crippen LogP contribution is -2.19. The first-order valence-corrected chi connectivity index (χ1v) is 11.6. The molecule has 4 rings (SSSR count). The molecule has 0 amide bonds. The minimum absolute atomic E-state index is 0.0510. The van der Waals surface area contributed by atoms with E-state index in [0.29, 0.717) is 11.4 Å². The lowest BCUT2D eigenvalue weighted by Gasteiger charge is -2.24. The van der Waals surface area contributed by atoms with E-state index in [1.807, 2.05) is 29.3 Å². The largest absolute Gasteiger partial charge is 0.257 e. The first-order valence-electron chi connectivity index (χ1n) is 9.69. The molecule has 0 spiro atoms. The molecule has 1 aliphatic rings. The van der Waals surface area contributed by atoms with Gasteiger partial charge in [-0.25, -0.2) is 13.6 Å². The van der Waals surface area contributed by atoms with E-state index in [9.17, 15) is 8.42 Å². The Morgan fingerprint density at radius 2 is 1.77 bits per heavy atom. The topological polar surface area (TPSA) is 75.8 Å². The van der Waals surface area contributed by atoms with Gasteiger partial charge in [-0.05, 0) is 59.5 Å². The molecule has 154 valence electrons. The van der Waals surface area contributed by atoms with E-state index < -0.39 is 10.0 Å². The summed E-state index contributed by atoms with van der Waals surface area (Å²) in [5, 5.41) is 12.7. The Morgan fingerprint density at radius 3 is 2.37 bits per heavy atom. The molecule has 5 nitrogen and oxygen atoms in total. The molecular formula is C23H22ClN3O2S. The lowest BCUT2D eigenvalue weighted by atomic mass is 9.97. The van der Waals surface area contributed by atoms with Gasteiger partial charge in [-0.3, -0.25) is 5.01 Å². The Morgan fingerprint density at radius 1 is 1.07 bits per heavy atom. The SMILES string of the molecule is CCc1ccc(C2=NN(c3ccc(S(N)(=O)=O)cc3)C(c3cccc(Cl)c3)C2)cc1.